The molecule has 0 aliphatic heterocycles. The summed E-state index contributed by atoms with van der Waals surface area (Å²) >= 11 is 0. The maximum Gasteiger partial charge on any atom is 0.203 e. The van der Waals surface area contributed by atoms with Gasteiger partial charge in [-0.15, -0.1) is 0 Å². The van der Waals surface area contributed by atoms with E-state index in [2.05, 4.69) is 5.16 Å². The van der Waals surface area contributed by atoms with Crippen molar-refractivity contribution in [3.63, 3.8) is 0 Å². The van der Waals surface area contributed by atoms with Crippen LogP contribution in [0.5, 0.6) is 34.5 Å². The van der Waals surface area contributed by atoms with Gasteiger partial charge in [-0.3, -0.25) is 0 Å². The predicted octanol–water partition coefficient (Wildman–Crippen LogP) is 4.06. The molecule has 8 nitrogen and oxygen atoms in total. The maximum absolute atomic E-state index is 5.58. The molecule has 0 radical (unpaired) electrons. The van der Waals surface area contributed by atoms with Crippen molar-refractivity contribution >= 4 is 0 Å². The third kappa shape index (κ3) is 3.61. The van der Waals surface area contributed by atoms with E-state index in [1.807, 2.05) is 12.1 Å². The summed E-state index contributed by atoms with van der Waals surface area (Å²) in [6, 6.07) is 7.19. The maximum atomic E-state index is 5.58. The molecule has 3 rings (SSSR count). The molecule has 0 fully saturated rings. The first kappa shape index (κ1) is 20.2. The van der Waals surface area contributed by atoms with Gasteiger partial charge in [-0.2, -0.15) is 0 Å². The number of aromatic nitrogens is 1. The fourth-order valence-electron chi connectivity index (χ4n) is 3.11. The molecule has 29 heavy (non-hydrogen) atoms. The van der Waals surface area contributed by atoms with Crippen LogP contribution in [0.4, 0.5) is 0 Å². The van der Waals surface area contributed by atoms with E-state index in [4.69, 9.17) is 32.9 Å². The van der Waals surface area contributed by atoms with Crippen LogP contribution in [-0.2, 0) is 0 Å². The lowest BCUT2D eigenvalue weighted by atomic mass is 9.99. The number of ether oxygens (including phenoxy) is 6. The molecule has 0 atom stereocenters. The van der Waals surface area contributed by atoms with Gasteiger partial charge in [-0.1, -0.05) is 5.16 Å². The Morgan fingerprint density at radius 1 is 0.621 bits per heavy atom. The molecule has 1 aromatic heterocycles. The molecule has 0 saturated heterocycles. The van der Waals surface area contributed by atoms with Gasteiger partial charge in [0.1, 0.15) is 17.7 Å². The minimum atomic E-state index is 0.498. The zero-order valence-corrected chi connectivity index (χ0v) is 17.2. The fourth-order valence-corrected chi connectivity index (χ4v) is 3.11. The molecule has 0 unspecified atom stereocenters. The molecule has 0 bridgehead atoms. The van der Waals surface area contributed by atoms with E-state index < -0.39 is 0 Å². The first-order chi connectivity index (χ1) is 14.1. The Bertz CT molecular complexity index is 972. The van der Waals surface area contributed by atoms with Crippen LogP contribution in [0, 0.1) is 0 Å². The van der Waals surface area contributed by atoms with Crippen LogP contribution in [0.15, 0.2) is 35.1 Å². The molecule has 0 saturated carbocycles. The van der Waals surface area contributed by atoms with Crippen molar-refractivity contribution in [3.8, 4) is 56.9 Å². The Kier molecular flexibility index (Phi) is 6.01. The van der Waals surface area contributed by atoms with Crippen molar-refractivity contribution in [2.24, 2.45) is 0 Å². The Labute approximate surface area is 168 Å². The zero-order valence-electron chi connectivity index (χ0n) is 17.2. The highest BCUT2D eigenvalue weighted by Crippen LogP contribution is 2.46. The van der Waals surface area contributed by atoms with Crippen LogP contribution in [0.2, 0.25) is 0 Å². The number of hydrogen-bond donors (Lipinski definition) is 0. The average molecular weight is 401 g/mol. The lowest BCUT2D eigenvalue weighted by Gasteiger charge is -2.15. The van der Waals surface area contributed by atoms with E-state index in [1.165, 1.54) is 0 Å². The summed E-state index contributed by atoms with van der Waals surface area (Å²) in [7, 11) is 9.38. The van der Waals surface area contributed by atoms with Crippen LogP contribution in [0.25, 0.3) is 22.4 Å². The third-order valence-electron chi connectivity index (χ3n) is 4.49. The van der Waals surface area contributed by atoms with E-state index in [1.54, 1.807) is 61.1 Å². The van der Waals surface area contributed by atoms with Crippen molar-refractivity contribution < 1.29 is 32.9 Å². The van der Waals surface area contributed by atoms with Gasteiger partial charge in [0.2, 0.25) is 5.75 Å². The SMILES string of the molecule is COc1cc(OC)c(OC)c(-c2nocc2-c2cc(OC)c(OC)c(OC)c2)c1. The molecular weight excluding hydrogens is 378 g/mol. The lowest BCUT2D eigenvalue weighted by Crippen LogP contribution is -1.97. The lowest BCUT2D eigenvalue weighted by molar-refractivity contribution is 0.324. The second kappa shape index (κ2) is 8.64. The van der Waals surface area contributed by atoms with Gasteiger partial charge in [0.05, 0.1) is 48.2 Å². The van der Waals surface area contributed by atoms with Crippen molar-refractivity contribution in [1.29, 1.82) is 0 Å². The minimum absolute atomic E-state index is 0.498. The zero-order chi connectivity index (χ0) is 21.0. The van der Waals surface area contributed by atoms with E-state index >= 15 is 0 Å². The summed E-state index contributed by atoms with van der Waals surface area (Å²) in [4.78, 5) is 0. The topological polar surface area (TPSA) is 81.4 Å². The molecule has 1 heterocycles. The van der Waals surface area contributed by atoms with Crippen molar-refractivity contribution in [2.75, 3.05) is 42.7 Å². The van der Waals surface area contributed by atoms with Crippen LogP contribution >= 0.6 is 0 Å². The van der Waals surface area contributed by atoms with Crippen LogP contribution < -0.4 is 28.4 Å². The molecule has 0 aliphatic rings. The Hall–Kier alpha value is -3.55. The summed E-state index contributed by atoms with van der Waals surface area (Å²) < 4.78 is 38.0. The fraction of sp³-hybridized carbons (Fsp3) is 0.286. The molecule has 2 aromatic carbocycles. The van der Waals surface area contributed by atoms with E-state index in [-0.39, 0.29) is 0 Å². The van der Waals surface area contributed by atoms with Crippen molar-refractivity contribution in [1.82, 2.24) is 5.16 Å². The van der Waals surface area contributed by atoms with Gasteiger partial charge in [0, 0.05) is 11.6 Å². The number of methoxy groups -OCH3 is 6. The molecule has 0 spiro atoms. The van der Waals surface area contributed by atoms with Gasteiger partial charge in [-0.05, 0) is 23.8 Å². The highest BCUT2D eigenvalue weighted by atomic mass is 16.5. The normalized spacial score (nSPS) is 10.4. The summed E-state index contributed by atoms with van der Waals surface area (Å²) in [5.74, 6) is 3.15. The largest absolute Gasteiger partial charge is 0.497 e. The van der Waals surface area contributed by atoms with Gasteiger partial charge >= 0.3 is 0 Å². The average Bonchev–Trinajstić information content (AvgIpc) is 3.26. The van der Waals surface area contributed by atoms with Gasteiger partial charge < -0.3 is 32.9 Å². The summed E-state index contributed by atoms with van der Waals surface area (Å²) in [6.07, 6.45) is 1.54. The monoisotopic (exact) mass is 401 g/mol. The summed E-state index contributed by atoms with van der Waals surface area (Å²) in [6.45, 7) is 0. The molecule has 0 amide bonds. The second-order valence-corrected chi connectivity index (χ2v) is 5.90. The Balaban J connectivity index is 2.24. The standard InChI is InChI=1S/C21H23NO7/c1-23-13-9-14(20(27-5)18(10-13)26-4)19-15(11-29-22-19)12-7-16(24-2)21(28-6)17(8-12)25-3/h7-11H,1-6H3. The quantitative estimate of drug-likeness (QED) is 0.559. The number of hydrogen-bond acceptors (Lipinski definition) is 8. The molecule has 0 N–H and O–H groups in total. The minimum Gasteiger partial charge on any atom is -0.497 e. The first-order valence-corrected chi connectivity index (χ1v) is 8.66. The number of rotatable bonds is 8. The van der Waals surface area contributed by atoms with Crippen molar-refractivity contribution in [3.05, 3.63) is 30.5 Å². The molecule has 3 aromatic rings. The van der Waals surface area contributed by atoms with Crippen LogP contribution in [0.1, 0.15) is 0 Å². The van der Waals surface area contributed by atoms with Gasteiger partial charge in [-0.25, -0.2) is 0 Å². The molecule has 0 aliphatic carbocycles. The smallest absolute Gasteiger partial charge is 0.203 e. The van der Waals surface area contributed by atoms with Gasteiger partial charge in [0.25, 0.3) is 0 Å². The predicted molar refractivity (Wildman–Crippen MR) is 107 cm³/mol. The summed E-state index contributed by atoms with van der Waals surface area (Å²) in [5.41, 5.74) is 2.67. The van der Waals surface area contributed by atoms with Crippen molar-refractivity contribution in [2.45, 2.75) is 0 Å². The van der Waals surface area contributed by atoms with Crippen LogP contribution in [0.3, 0.4) is 0 Å². The second-order valence-electron chi connectivity index (χ2n) is 5.90. The Morgan fingerprint density at radius 2 is 1.21 bits per heavy atom. The third-order valence-corrected chi connectivity index (χ3v) is 4.49. The van der Waals surface area contributed by atoms with E-state index in [0.29, 0.717) is 51.3 Å². The highest BCUT2D eigenvalue weighted by molar-refractivity contribution is 5.86. The van der Waals surface area contributed by atoms with E-state index in [0.717, 1.165) is 5.56 Å². The number of benzene rings is 2. The Morgan fingerprint density at radius 3 is 1.72 bits per heavy atom. The summed E-state index contributed by atoms with van der Waals surface area (Å²) in [5, 5.41) is 4.20. The molecule has 154 valence electrons. The number of nitrogens with zero attached hydrogens (tertiary/aromatic N) is 1. The van der Waals surface area contributed by atoms with Crippen LogP contribution in [-0.4, -0.2) is 47.8 Å². The van der Waals surface area contributed by atoms with E-state index in [9.17, 15) is 0 Å². The molecule has 8 heteroatoms. The highest BCUT2D eigenvalue weighted by Gasteiger charge is 2.23. The van der Waals surface area contributed by atoms with Gasteiger partial charge in [0.15, 0.2) is 23.0 Å². The first-order valence-electron chi connectivity index (χ1n) is 8.66. The molecular formula is C21H23NO7.